The number of rotatable bonds is 3. The molecule has 1 aromatic rings. The lowest BCUT2D eigenvalue weighted by atomic mass is 9.96. The van der Waals surface area contributed by atoms with Crippen LogP contribution in [0, 0.1) is 5.92 Å². The predicted molar refractivity (Wildman–Crippen MR) is 84.6 cm³/mol. The van der Waals surface area contributed by atoms with E-state index in [1.54, 1.807) is 6.20 Å². The van der Waals surface area contributed by atoms with E-state index in [1.165, 1.54) is 12.8 Å². The van der Waals surface area contributed by atoms with E-state index in [1.807, 2.05) is 12.1 Å². The van der Waals surface area contributed by atoms with E-state index in [-0.39, 0.29) is 5.91 Å². The molecule has 3 fully saturated rings. The first kappa shape index (κ1) is 14.9. The van der Waals surface area contributed by atoms with Crippen LogP contribution in [0.5, 0.6) is 0 Å². The number of amides is 1. The zero-order chi connectivity index (χ0) is 15.0. The van der Waals surface area contributed by atoms with E-state index < -0.39 is 6.04 Å². The molecule has 3 aliphatic heterocycles. The highest BCUT2D eigenvalue weighted by molar-refractivity contribution is 9.10. The van der Waals surface area contributed by atoms with Crippen molar-refractivity contribution < 1.29 is 4.79 Å². The maximum absolute atomic E-state index is 12.0. The van der Waals surface area contributed by atoms with Crippen molar-refractivity contribution >= 4 is 21.8 Å². The maximum atomic E-state index is 12.0. The first-order chi connectivity index (χ1) is 10.0. The molecule has 21 heavy (non-hydrogen) atoms. The molecule has 3 unspecified atom stereocenters. The predicted octanol–water partition coefficient (Wildman–Crippen LogP) is 1.40. The van der Waals surface area contributed by atoms with Gasteiger partial charge in [0.05, 0.1) is 5.69 Å². The van der Waals surface area contributed by atoms with Crippen LogP contribution in [0.4, 0.5) is 0 Å². The minimum absolute atomic E-state index is 0.315. The van der Waals surface area contributed by atoms with Gasteiger partial charge in [0, 0.05) is 36.3 Å². The lowest BCUT2D eigenvalue weighted by Crippen LogP contribution is -2.43. The third-order valence-electron chi connectivity index (χ3n) is 4.67. The van der Waals surface area contributed by atoms with E-state index in [2.05, 4.69) is 37.8 Å². The van der Waals surface area contributed by atoms with Crippen LogP contribution in [0.3, 0.4) is 0 Å². The SMILES string of the molecule is CN1CC2CCC1CN(C(C(N)=O)c1cc(Br)ccn1)C2. The number of likely N-dealkylation sites (N-methyl/N-ethyl adjacent to an activating group) is 1. The monoisotopic (exact) mass is 352 g/mol. The number of carbonyl (C=O) groups excluding carboxylic acids is 1. The molecule has 0 saturated carbocycles. The molecule has 5 nitrogen and oxygen atoms in total. The van der Waals surface area contributed by atoms with Gasteiger partial charge < -0.3 is 10.6 Å². The quantitative estimate of drug-likeness (QED) is 0.892. The number of piperidine rings is 1. The van der Waals surface area contributed by atoms with Crippen LogP contribution >= 0.6 is 15.9 Å². The van der Waals surface area contributed by atoms with Crippen LogP contribution < -0.4 is 5.73 Å². The Hall–Kier alpha value is -0.980. The van der Waals surface area contributed by atoms with Crippen molar-refractivity contribution in [1.29, 1.82) is 0 Å². The van der Waals surface area contributed by atoms with Crippen LogP contribution in [0.25, 0.3) is 0 Å². The molecule has 1 aromatic heterocycles. The topological polar surface area (TPSA) is 62.5 Å². The van der Waals surface area contributed by atoms with Crippen molar-refractivity contribution in [1.82, 2.24) is 14.8 Å². The number of halogens is 1. The molecule has 2 N–H and O–H groups in total. The number of nitrogens with zero attached hydrogens (tertiary/aromatic N) is 3. The van der Waals surface area contributed by atoms with Gasteiger partial charge in [0.1, 0.15) is 6.04 Å². The second-order valence-electron chi connectivity index (χ2n) is 6.19. The van der Waals surface area contributed by atoms with Crippen molar-refractivity contribution in [3.05, 3.63) is 28.5 Å². The molecule has 3 aliphatic rings. The fraction of sp³-hybridized carbons (Fsp3) is 0.600. The van der Waals surface area contributed by atoms with Gasteiger partial charge in [-0.1, -0.05) is 15.9 Å². The van der Waals surface area contributed by atoms with E-state index in [4.69, 9.17) is 5.73 Å². The van der Waals surface area contributed by atoms with E-state index >= 15 is 0 Å². The van der Waals surface area contributed by atoms with Crippen molar-refractivity contribution in [2.45, 2.75) is 24.9 Å². The molecule has 3 saturated heterocycles. The van der Waals surface area contributed by atoms with E-state index in [9.17, 15) is 4.79 Å². The number of hydrogen-bond donors (Lipinski definition) is 1. The van der Waals surface area contributed by atoms with Gasteiger partial charge in [0.15, 0.2) is 0 Å². The third-order valence-corrected chi connectivity index (χ3v) is 5.17. The van der Waals surface area contributed by atoms with Crippen molar-refractivity contribution in [2.24, 2.45) is 11.7 Å². The van der Waals surface area contributed by atoms with Crippen molar-refractivity contribution in [3.8, 4) is 0 Å². The first-order valence-corrected chi connectivity index (χ1v) is 8.19. The number of fused-ring (bicyclic) bond motifs is 4. The molecule has 2 bridgehead atoms. The number of hydrogen-bond acceptors (Lipinski definition) is 4. The highest BCUT2D eigenvalue weighted by atomic mass is 79.9. The Balaban J connectivity index is 1.89. The van der Waals surface area contributed by atoms with Gasteiger partial charge in [0.2, 0.25) is 5.91 Å². The summed E-state index contributed by atoms with van der Waals surface area (Å²) in [5.74, 6) is 0.298. The fourth-order valence-corrected chi connectivity index (χ4v) is 4.00. The Morgan fingerprint density at radius 1 is 1.43 bits per heavy atom. The lowest BCUT2D eigenvalue weighted by Gasteiger charge is -2.33. The summed E-state index contributed by atoms with van der Waals surface area (Å²) in [6.45, 7) is 2.91. The minimum atomic E-state index is -0.433. The first-order valence-electron chi connectivity index (χ1n) is 7.39. The highest BCUT2D eigenvalue weighted by Crippen LogP contribution is 2.31. The second kappa shape index (κ2) is 6.02. The summed E-state index contributed by atoms with van der Waals surface area (Å²) in [7, 11) is 2.18. The Morgan fingerprint density at radius 3 is 2.90 bits per heavy atom. The summed E-state index contributed by atoms with van der Waals surface area (Å²) in [5, 5.41) is 0. The third kappa shape index (κ3) is 3.12. The normalized spacial score (nSPS) is 28.3. The molecule has 0 aliphatic carbocycles. The second-order valence-corrected chi connectivity index (χ2v) is 7.11. The summed E-state index contributed by atoms with van der Waals surface area (Å²) in [6, 6.07) is 3.84. The molecule has 114 valence electrons. The lowest BCUT2D eigenvalue weighted by molar-refractivity contribution is -0.123. The van der Waals surface area contributed by atoms with Gasteiger partial charge >= 0.3 is 0 Å². The van der Waals surface area contributed by atoms with Crippen molar-refractivity contribution in [2.75, 3.05) is 26.7 Å². The molecular weight excluding hydrogens is 332 g/mol. The molecule has 3 atom stereocenters. The highest BCUT2D eigenvalue weighted by Gasteiger charge is 2.38. The van der Waals surface area contributed by atoms with E-state index in [0.717, 1.165) is 29.8 Å². The maximum Gasteiger partial charge on any atom is 0.241 e. The average molecular weight is 353 g/mol. The van der Waals surface area contributed by atoms with Crippen LogP contribution in [0.1, 0.15) is 24.6 Å². The molecule has 6 heteroatoms. The summed E-state index contributed by atoms with van der Waals surface area (Å²) in [5.41, 5.74) is 6.43. The zero-order valence-corrected chi connectivity index (χ0v) is 13.8. The summed E-state index contributed by atoms with van der Waals surface area (Å²) in [6.07, 6.45) is 4.16. The number of carbonyl (C=O) groups is 1. The summed E-state index contributed by atoms with van der Waals surface area (Å²) >= 11 is 3.45. The molecule has 4 heterocycles. The molecule has 0 spiro atoms. The molecule has 0 radical (unpaired) electrons. The average Bonchev–Trinajstić information content (AvgIpc) is 2.69. The van der Waals surface area contributed by atoms with Gasteiger partial charge in [-0.25, -0.2) is 0 Å². The summed E-state index contributed by atoms with van der Waals surface area (Å²) < 4.78 is 0.925. The largest absolute Gasteiger partial charge is 0.368 e. The number of pyridine rings is 1. The minimum Gasteiger partial charge on any atom is -0.368 e. The van der Waals surface area contributed by atoms with Gasteiger partial charge in [0.25, 0.3) is 0 Å². The van der Waals surface area contributed by atoms with Crippen LogP contribution in [0.15, 0.2) is 22.8 Å². The Labute approximate surface area is 133 Å². The Bertz CT molecular complexity index is 538. The van der Waals surface area contributed by atoms with E-state index in [0.29, 0.717) is 12.0 Å². The molecule has 0 aromatic carbocycles. The summed E-state index contributed by atoms with van der Waals surface area (Å²) in [4.78, 5) is 21.1. The van der Waals surface area contributed by atoms with Gasteiger partial charge in [-0.05, 0) is 37.9 Å². The van der Waals surface area contributed by atoms with Crippen LogP contribution in [-0.4, -0.2) is 53.4 Å². The molecule has 1 amide bonds. The number of aromatic nitrogens is 1. The van der Waals surface area contributed by atoms with Crippen LogP contribution in [-0.2, 0) is 4.79 Å². The standard InChI is InChI=1S/C15H21BrN4O/c1-19-7-10-2-3-12(19)9-20(8-10)14(15(17)21)13-6-11(16)4-5-18-13/h4-6,10,12,14H,2-3,7-9H2,1H3,(H2,17,21). The fourth-order valence-electron chi connectivity index (χ4n) is 3.65. The van der Waals surface area contributed by atoms with Gasteiger partial charge in [-0.3, -0.25) is 14.7 Å². The Kier molecular flexibility index (Phi) is 4.28. The molecular formula is C15H21BrN4O. The molecule has 4 rings (SSSR count). The van der Waals surface area contributed by atoms with Gasteiger partial charge in [-0.2, -0.15) is 0 Å². The number of primary amides is 1. The Morgan fingerprint density at radius 2 is 2.24 bits per heavy atom. The van der Waals surface area contributed by atoms with Crippen molar-refractivity contribution in [3.63, 3.8) is 0 Å². The zero-order valence-electron chi connectivity index (χ0n) is 12.2. The smallest absolute Gasteiger partial charge is 0.241 e. The van der Waals surface area contributed by atoms with Crippen LogP contribution in [0.2, 0.25) is 0 Å². The number of nitrogens with two attached hydrogens (primary N) is 1. The van der Waals surface area contributed by atoms with Gasteiger partial charge in [-0.15, -0.1) is 0 Å².